The summed E-state index contributed by atoms with van der Waals surface area (Å²) >= 11 is 0. The number of carboxylic acids is 2. The van der Waals surface area contributed by atoms with Crippen LogP contribution in [0.5, 0.6) is 0 Å². The van der Waals surface area contributed by atoms with Crippen molar-refractivity contribution in [3.8, 4) is 0 Å². The van der Waals surface area contributed by atoms with E-state index in [9.17, 15) is 9.59 Å². The van der Waals surface area contributed by atoms with Gasteiger partial charge in [-0.15, -0.1) is 10.2 Å². The van der Waals surface area contributed by atoms with Gasteiger partial charge < -0.3 is 10.2 Å². The molecule has 0 aliphatic carbocycles. The van der Waals surface area contributed by atoms with Crippen molar-refractivity contribution in [1.82, 2.24) is 0 Å². The molecule has 11 heavy (non-hydrogen) atoms. The van der Waals surface area contributed by atoms with Gasteiger partial charge in [0.05, 0.1) is 0 Å². The number of carboxylic acid groups (broad SMARTS) is 2. The Bertz CT molecular complexity index is 269. The van der Waals surface area contributed by atoms with Crippen LogP contribution in [0.4, 0.5) is 0 Å². The Morgan fingerprint density at radius 3 is 2.36 bits per heavy atom. The molecule has 1 atom stereocenters. The normalized spacial score (nSPS) is 21.5. The van der Waals surface area contributed by atoms with E-state index >= 15 is 0 Å². The molecule has 7 heteroatoms. The molecule has 1 rings (SSSR count). The van der Waals surface area contributed by atoms with Gasteiger partial charge in [0.1, 0.15) is 0 Å². The molecule has 0 aromatic rings. The second kappa shape index (κ2) is 2.45. The lowest BCUT2D eigenvalue weighted by Gasteiger charge is -1.96. The standard InChI is InChI=1S/C4H3N3O4/c8-3(9)1-2(4(10)11)6-7-5-1/h1H,(H,8,9)(H,10,11)/t1-/m0/s1. The highest BCUT2D eigenvalue weighted by atomic mass is 16.4. The topological polar surface area (TPSA) is 112 Å². The van der Waals surface area contributed by atoms with Crippen LogP contribution in [0, 0.1) is 0 Å². The predicted octanol–water partition coefficient (Wildman–Crippen LogP) is -0.654. The van der Waals surface area contributed by atoms with E-state index in [0.29, 0.717) is 0 Å². The number of carbonyl (C=O) groups is 2. The number of rotatable bonds is 2. The van der Waals surface area contributed by atoms with Crippen molar-refractivity contribution < 1.29 is 19.8 Å². The molecule has 2 N–H and O–H groups in total. The van der Waals surface area contributed by atoms with Gasteiger partial charge in [0.2, 0.25) is 6.04 Å². The molecule has 0 fully saturated rings. The summed E-state index contributed by atoms with van der Waals surface area (Å²) in [7, 11) is 0. The SMILES string of the molecule is O=C(O)C1=NN=N[C@@H]1C(=O)O. The van der Waals surface area contributed by atoms with Crippen molar-refractivity contribution >= 4 is 17.7 Å². The molecular formula is C4H3N3O4. The van der Waals surface area contributed by atoms with Crippen molar-refractivity contribution in [2.45, 2.75) is 6.04 Å². The fraction of sp³-hybridized carbons (Fsp3) is 0.250. The first-order valence-corrected chi connectivity index (χ1v) is 2.56. The second-order valence-electron chi connectivity index (χ2n) is 1.74. The highest BCUT2D eigenvalue weighted by molar-refractivity contribution is 6.41. The fourth-order valence-electron chi connectivity index (χ4n) is 0.561. The molecule has 58 valence electrons. The first-order chi connectivity index (χ1) is 5.13. The Morgan fingerprint density at radius 1 is 1.36 bits per heavy atom. The lowest BCUT2D eigenvalue weighted by atomic mass is 10.2. The number of hydrogen-bond donors (Lipinski definition) is 2. The second-order valence-corrected chi connectivity index (χ2v) is 1.74. The summed E-state index contributed by atoms with van der Waals surface area (Å²) in [4.78, 5) is 20.4. The molecule has 1 heterocycles. The summed E-state index contributed by atoms with van der Waals surface area (Å²) in [5.74, 6) is -2.78. The van der Waals surface area contributed by atoms with Gasteiger partial charge in [-0.05, 0) is 5.22 Å². The summed E-state index contributed by atoms with van der Waals surface area (Å²) in [5, 5.41) is 25.7. The van der Waals surface area contributed by atoms with Crippen LogP contribution in [0.2, 0.25) is 0 Å². The Labute approximate surface area is 60.1 Å². The van der Waals surface area contributed by atoms with Crippen molar-refractivity contribution in [3.05, 3.63) is 0 Å². The third-order valence-electron chi connectivity index (χ3n) is 1.03. The van der Waals surface area contributed by atoms with Gasteiger partial charge in [0, 0.05) is 0 Å². The van der Waals surface area contributed by atoms with E-state index in [4.69, 9.17) is 10.2 Å². The predicted molar refractivity (Wildman–Crippen MR) is 31.4 cm³/mol. The van der Waals surface area contributed by atoms with Crippen LogP contribution < -0.4 is 0 Å². The maximum absolute atomic E-state index is 10.2. The summed E-state index contributed by atoms with van der Waals surface area (Å²) in [6, 6.07) is -1.45. The fourth-order valence-corrected chi connectivity index (χ4v) is 0.561. The minimum Gasteiger partial charge on any atom is -0.479 e. The average molecular weight is 157 g/mol. The number of nitrogens with zero attached hydrogens (tertiary/aromatic N) is 3. The third-order valence-corrected chi connectivity index (χ3v) is 1.03. The lowest BCUT2D eigenvalue weighted by molar-refractivity contribution is -0.138. The van der Waals surface area contributed by atoms with E-state index in [1.54, 1.807) is 0 Å². The lowest BCUT2D eigenvalue weighted by Crippen LogP contribution is -2.31. The summed E-state index contributed by atoms with van der Waals surface area (Å²) < 4.78 is 0. The van der Waals surface area contributed by atoms with Crippen LogP contribution in [0.15, 0.2) is 15.4 Å². The molecule has 0 bridgehead atoms. The molecule has 1 aliphatic heterocycles. The number of hydrogen-bond acceptors (Lipinski definition) is 5. The Kier molecular flexibility index (Phi) is 1.63. The average Bonchev–Trinajstić information content (AvgIpc) is 2.32. The van der Waals surface area contributed by atoms with Gasteiger partial charge in [0.15, 0.2) is 5.71 Å². The van der Waals surface area contributed by atoms with E-state index in [-0.39, 0.29) is 0 Å². The maximum Gasteiger partial charge on any atom is 0.355 e. The van der Waals surface area contributed by atoms with Crippen molar-refractivity contribution in [2.24, 2.45) is 15.4 Å². The van der Waals surface area contributed by atoms with E-state index < -0.39 is 23.7 Å². The first-order valence-electron chi connectivity index (χ1n) is 2.56. The summed E-state index contributed by atoms with van der Waals surface area (Å²) in [5.41, 5.74) is -0.558. The molecule has 0 aromatic carbocycles. The van der Waals surface area contributed by atoms with E-state index in [1.165, 1.54) is 0 Å². The smallest absolute Gasteiger partial charge is 0.355 e. The molecule has 1 aliphatic rings. The van der Waals surface area contributed by atoms with Crippen LogP contribution >= 0.6 is 0 Å². The van der Waals surface area contributed by atoms with Crippen LogP contribution in [0.1, 0.15) is 0 Å². The molecule has 0 spiro atoms. The summed E-state index contributed by atoms with van der Waals surface area (Å²) in [6.07, 6.45) is 0. The molecule has 0 aromatic heterocycles. The van der Waals surface area contributed by atoms with Gasteiger partial charge in [-0.3, -0.25) is 0 Å². The van der Waals surface area contributed by atoms with E-state index in [2.05, 4.69) is 15.4 Å². The molecule has 0 amide bonds. The van der Waals surface area contributed by atoms with Crippen molar-refractivity contribution in [3.63, 3.8) is 0 Å². The van der Waals surface area contributed by atoms with Gasteiger partial charge in [0.25, 0.3) is 0 Å². The zero-order valence-corrected chi connectivity index (χ0v) is 5.13. The Balaban J connectivity index is 2.85. The highest BCUT2D eigenvalue weighted by Gasteiger charge is 2.32. The zero-order chi connectivity index (χ0) is 8.43. The van der Waals surface area contributed by atoms with Crippen LogP contribution in [0.3, 0.4) is 0 Å². The van der Waals surface area contributed by atoms with Gasteiger partial charge in [-0.25, -0.2) is 9.59 Å². The maximum atomic E-state index is 10.2. The molecule has 0 unspecified atom stereocenters. The summed E-state index contributed by atoms with van der Waals surface area (Å²) in [6.45, 7) is 0. The molecule has 0 saturated carbocycles. The Morgan fingerprint density at radius 2 is 2.00 bits per heavy atom. The number of aliphatic carboxylic acids is 2. The minimum absolute atomic E-state index is 0.558. The first kappa shape index (κ1) is 7.32. The molecule has 0 radical (unpaired) electrons. The molecular weight excluding hydrogens is 154 g/mol. The minimum atomic E-state index is -1.45. The van der Waals surface area contributed by atoms with Crippen molar-refractivity contribution in [2.75, 3.05) is 0 Å². The van der Waals surface area contributed by atoms with Crippen LogP contribution in [-0.4, -0.2) is 33.9 Å². The zero-order valence-electron chi connectivity index (χ0n) is 5.13. The van der Waals surface area contributed by atoms with Crippen molar-refractivity contribution in [1.29, 1.82) is 0 Å². The Hall–Kier alpha value is -1.79. The monoisotopic (exact) mass is 157 g/mol. The van der Waals surface area contributed by atoms with Crippen LogP contribution in [0.25, 0.3) is 0 Å². The van der Waals surface area contributed by atoms with Crippen LogP contribution in [-0.2, 0) is 9.59 Å². The van der Waals surface area contributed by atoms with Gasteiger partial charge >= 0.3 is 11.9 Å². The molecule has 7 nitrogen and oxygen atoms in total. The third kappa shape index (κ3) is 1.20. The van der Waals surface area contributed by atoms with Gasteiger partial charge in [-0.1, -0.05) is 0 Å². The van der Waals surface area contributed by atoms with E-state index in [0.717, 1.165) is 0 Å². The largest absolute Gasteiger partial charge is 0.479 e. The quantitative estimate of drug-likeness (QED) is 0.554. The highest BCUT2D eigenvalue weighted by Crippen LogP contribution is 2.05. The molecule has 0 saturated heterocycles. The van der Waals surface area contributed by atoms with E-state index in [1.807, 2.05) is 0 Å². The van der Waals surface area contributed by atoms with Gasteiger partial charge in [-0.2, -0.15) is 0 Å².